The molecule has 1 saturated carbocycles. The number of hydrogen-bond acceptors (Lipinski definition) is 2. The summed E-state index contributed by atoms with van der Waals surface area (Å²) in [4.78, 5) is 0. The van der Waals surface area contributed by atoms with Crippen LogP contribution in [0.2, 0.25) is 5.02 Å². The van der Waals surface area contributed by atoms with Gasteiger partial charge in [0.15, 0.2) is 0 Å². The molecule has 1 aromatic rings. The minimum absolute atomic E-state index is 0.234. The maximum Gasteiger partial charge on any atom is 0.121 e. The molecule has 0 aliphatic heterocycles. The molecule has 1 fully saturated rings. The van der Waals surface area contributed by atoms with Crippen LogP contribution in [0.25, 0.3) is 0 Å². The lowest BCUT2D eigenvalue weighted by Gasteiger charge is -2.17. The third kappa shape index (κ3) is 2.75. The SMILES string of the molecule is N#CC(NC1CCCC1)c1cccc(Cl)c1. The van der Waals surface area contributed by atoms with Gasteiger partial charge in [0.05, 0.1) is 6.07 Å². The second-order valence-corrected chi connectivity index (χ2v) is 4.70. The Morgan fingerprint density at radius 3 is 2.75 bits per heavy atom. The van der Waals surface area contributed by atoms with Gasteiger partial charge < -0.3 is 0 Å². The smallest absolute Gasteiger partial charge is 0.121 e. The summed E-state index contributed by atoms with van der Waals surface area (Å²) in [6.07, 6.45) is 4.90. The predicted molar refractivity (Wildman–Crippen MR) is 65.2 cm³/mol. The molecule has 1 unspecified atom stereocenters. The monoisotopic (exact) mass is 234 g/mol. The van der Waals surface area contributed by atoms with Crippen LogP contribution in [0.1, 0.15) is 37.3 Å². The summed E-state index contributed by atoms with van der Waals surface area (Å²) >= 11 is 5.93. The van der Waals surface area contributed by atoms with Crippen LogP contribution in [-0.2, 0) is 0 Å². The van der Waals surface area contributed by atoms with E-state index in [1.165, 1.54) is 25.7 Å². The first kappa shape index (κ1) is 11.4. The molecule has 2 rings (SSSR count). The second kappa shape index (κ2) is 5.34. The molecular weight excluding hydrogens is 220 g/mol. The van der Waals surface area contributed by atoms with Gasteiger partial charge in [0.1, 0.15) is 6.04 Å². The lowest BCUT2D eigenvalue weighted by atomic mass is 10.1. The first-order valence-corrected chi connectivity index (χ1v) is 6.08. The third-order valence-corrected chi connectivity index (χ3v) is 3.30. The third-order valence-electron chi connectivity index (χ3n) is 3.07. The zero-order chi connectivity index (χ0) is 11.4. The number of nitrogens with one attached hydrogen (secondary N) is 1. The van der Waals surface area contributed by atoms with Crippen LogP contribution >= 0.6 is 11.6 Å². The van der Waals surface area contributed by atoms with Crippen molar-refractivity contribution in [1.29, 1.82) is 5.26 Å². The Morgan fingerprint density at radius 2 is 2.12 bits per heavy atom. The van der Waals surface area contributed by atoms with E-state index < -0.39 is 0 Å². The highest BCUT2D eigenvalue weighted by atomic mass is 35.5. The Balaban J connectivity index is 2.07. The first-order chi connectivity index (χ1) is 7.79. The Kier molecular flexibility index (Phi) is 3.82. The summed E-state index contributed by atoms with van der Waals surface area (Å²) in [5.74, 6) is 0. The van der Waals surface area contributed by atoms with E-state index in [1.807, 2.05) is 24.3 Å². The molecule has 0 aromatic heterocycles. The van der Waals surface area contributed by atoms with E-state index in [9.17, 15) is 5.26 Å². The lowest BCUT2D eigenvalue weighted by molar-refractivity contribution is 0.492. The summed E-state index contributed by atoms with van der Waals surface area (Å²) in [5, 5.41) is 13.3. The molecular formula is C13H15ClN2. The molecule has 1 aliphatic carbocycles. The largest absolute Gasteiger partial charge is 0.295 e. The van der Waals surface area contributed by atoms with Gasteiger partial charge in [-0.15, -0.1) is 0 Å². The fourth-order valence-electron chi connectivity index (χ4n) is 2.22. The molecule has 0 amide bonds. The summed E-state index contributed by atoms with van der Waals surface area (Å²) < 4.78 is 0. The maximum atomic E-state index is 9.18. The molecule has 1 aromatic carbocycles. The number of rotatable bonds is 3. The van der Waals surface area contributed by atoms with Crippen molar-refractivity contribution < 1.29 is 0 Å². The average Bonchev–Trinajstić information content (AvgIpc) is 2.78. The van der Waals surface area contributed by atoms with Gasteiger partial charge in [-0.2, -0.15) is 5.26 Å². The second-order valence-electron chi connectivity index (χ2n) is 4.27. The van der Waals surface area contributed by atoms with Gasteiger partial charge in [-0.05, 0) is 30.5 Å². The van der Waals surface area contributed by atoms with Crippen molar-refractivity contribution in [1.82, 2.24) is 5.32 Å². The molecule has 0 radical (unpaired) electrons. The van der Waals surface area contributed by atoms with E-state index in [1.54, 1.807) is 0 Å². The standard InChI is InChI=1S/C13H15ClN2/c14-11-5-3-4-10(8-11)13(9-15)16-12-6-1-2-7-12/h3-5,8,12-13,16H,1-2,6-7H2. The van der Waals surface area contributed by atoms with Crippen LogP contribution in [0.15, 0.2) is 24.3 Å². The summed E-state index contributed by atoms with van der Waals surface area (Å²) in [6, 6.07) is 10.1. The molecule has 0 spiro atoms. The Bertz CT molecular complexity index is 391. The quantitative estimate of drug-likeness (QED) is 0.870. The van der Waals surface area contributed by atoms with Crippen LogP contribution in [-0.4, -0.2) is 6.04 Å². The van der Waals surface area contributed by atoms with Crippen molar-refractivity contribution in [3.63, 3.8) is 0 Å². The fourth-order valence-corrected chi connectivity index (χ4v) is 2.42. The lowest BCUT2D eigenvalue weighted by Crippen LogP contribution is -2.29. The van der Waals surface area contributed by atoms with Crippen molar-refractivity contribution in [2.45, 2.75) is 37.8 Å². The Morgan fingerprint density at radius 1 is 1.38 bits per heavy atom. The molecule has 84 valence electrons. The minimum atomic E-state index is -0.234. The van der Waals surface area contributed by atoms with Gasteiger partial charge in [-0.3, -0.25) is 5.32 Å². The van der Waals surface area contributed by atoms with E-state index in [-0.39, 0.29) is 6.04 Å². The van der Waals surface area contributed by atoms with Crippen molar-refractivity contribution in [3.05, 3.63) is 34.9 Å². The minimum Gasteiger partial charge on any atom is -0.295 e. The van der Waals surface area contributed by atoms with Gasteiger partial charge >= 0.3 is 0 Å². The number of nitrogens with zero attached hydrogens (tertiary/aromatic N) is 1. The van der Waals surface area contributed by atoms with Crippen LogP contribution in [0.3, 0.4) is 0 Å². The van der Waals surface area contributed by atoms with Gasteiger partial charge in [0, 0.05) is 11.1 Å². The Labute approximate surface area is 101 Å². The molecule has 0 saturated heterocycles. The van der Waals surface area contributed by atoms with Gasteiger partial charge in [0.25, 0.3) is 0 Å². The van der Waals surface area contributed by atoms with Crippen LogP contribution < -0.4 is 5.32 Å². The molecule has 0 bridgehead atoms. The van der Waals surface area contributed by atoms with Crippen molar-refractivity contribution >= 4 is 11.6 Å². The number of halogens is 1. The molecule has 0 heterocycles. The fraction of sp³-hybridized carbons (Fsp3) is 0.462. The molecule has 3 heteroatoms. The van der Waals surface area contributed by atoms with Gasteiger partial charge in [-0.25, -0.2) is 0 Å². The maximum absolute atomic E-state index is 9.18. The van der Waals surface area contributed by atoms with Gasteiger partial charge in [0.2, 0.25) is 0 Å². The number of nitriles is 1. The zero-order valence-corrected chi connectivity index (χ0v) is 9.87. The number of benzene rings is 1. The molecule has 16 heavy (non-hydrogen) atoms. The molecule has 2 nitrogen and oxygen atoms in total. The van der Waals surface area contributed by atoms with Gasteiger partial charge in [-0.1, -0.05) is 36.6 Å². The molecule has 1 atom stereocenters. The topological polar surface area (TPSA) is 35.8 Å². The van der Waals surface area contributed by atoms with Crippen LogP contribution in [0.5, 0.6) is 0 Å². The normalized spacial score (nSPS) is 18.2. The number of hydrogen-bond donors (Lipinski definition) is 1. The zero-order valence-electron chi connectivity index (χ0n) is 9.12. The van der Waals surface area contributed by atoms with E-state index in [2.05, 4.69) is 11.4 Å². The van der Waals surface area contributed by atoms with Crippen molar-refractivity contribution in [2.75, 3.05) is 0 Å². The van der Waals surface area contributed by atoms with E-state index in [0.29, 0.717) is 11.1 Å². The van der Waals surface area contributed by atoms with Crippen LogP contribution in [0, 0.1) is 11.3 Å². The Hall–Kier alpha value is -1.04. The highest BCUT2D eigenvalue weighted by Gasteiger charge is 2.19. The summed E-state index contributed by atoms with van der Waals surface area (Å²) in [6.45, 7) is 0. The van der Waals surface area contributed by atoms with E-state index in [4.69, 9.17) is 11.6 Å². The first-order valence-electron chi connectivity index (χ1n) is 5.71. The van der Waals surface area contributed by atoms with Crippen LogP contribution in [0.4, 0.5) is 0 Å². The molecule has 1 aliphatic rings. The highest BCUT2D eigenvalue weighted by molar-refractivity contribution is 6.30. The summed E-state index contributed by atoms with van der Waals surface area (Å²) in [7, 11) is 0. The van der Waals surface area contributed by atoms with E-state index in [0.717, 1.165) is 5.56 Å². The van der Waals surface area contributed by atoms with E-state index >= 15 is 0 Å². The predicted octanol–water partition coefficient (Wildman–Crippen LogP) is 3.44. The molecule has 1 N–H and O–H groups in total. The highest BCUT2D eigenvalue weighted by Crippen LogP contribution is 2.23. The summed E-state index contributed by atoms with van der Waals surface area (Å²) in [5.41, 5.74) is 0.960. The van der Waals surface area contributed by atoms with Crippen molar-refractivity contribution in [3.8, 4) is 6.07 Å². The van der Waals surface area contributed by atoms with Crippen molar-refractivity contribution in [2.24, 2.45) is 0 Å². The average molecular weight is 235 g/mol.